The number of nitrogens with zero attached hydrogens (tertiary/aromatic N) is 2. The maximum atomic E-state index is 13.1. The quantitative estimate of drug-likeness (QED) is 0.915. The lowest BCUT2D eigenvalue weighted by Crippen LogP contribution is -2.32. The van der Waals surface area contributed by atoms with Crippen molar-refractivity contribution in [2.45, 2.75) is 18.9 Å². The van der Waals surface area contributed by atoms with Gasteiger partial charge < -0.3 is 10.6 Å². The number of aromatic nitrogens is 2. The van der Waals surface area contributed by atoms with E-state index in [1.165, 1.54) is 0 Å². The molecule has 2 N–H and O–H groups in total. The van der Waals surface area contributed by atoms with Gasteiger partial charge in [0.1, 0.15) is 11.6 Å². The molecule has 5 nitrogen and oxygen atoms in total. The zero-order chi connectivity index (χ0) is 15.5. The maximum absolute atomic E-state index is 13.1. The van der Waals surface area contributed by atoms with E-state index in [1.54, 1.807) is 16.9 Å². The van der Waals surface area contributed by atoms with Crippen molar-refractivity contribution in [3.63, 3.8) is 0 Å². The summed E-state index contributed by atoms with van der Waals surface area (Å²) < 4.78 is 28.0. The highest BCUT2D eigenvalue weighted by atomic mass is 19.1. The van der Waals surface area contributed by atoms with Crippen molar-refractivity contribution in [2.24, 2.45) is 0 Å². The van der Waals surface area contributed by atoms with Gasteiger partial charge in [0.15, 0.2) is 5.69 Å². The van der Waals surface area contributed by atoms with E-state index in [-0.39, 0.29) is 17.4 Å². The van der Waals surface area contributed by atoms with Gasteiger partial charge in [0.25, 0.3) is 5.91 Å². The summed E-state index contributed by atoms with van der Waals surface area (Å²) in [6.45, 7) is 1.81. The topological polar surface area (TPSA) is 59.0 Å². The fourth-order valence-electron chi connectivity index (χ4n) is 2.54. The molecule has 22 heavy (non-hydrogen) atoms. The molecule has 1 aromatic carbocycles. The van der Waals surface area contributed by atoms with Crippen LogP contribution in [0.15, 0.2) is 30.5 Å². The van der Waals surface area contributed by atoms with Crippen LogP contribution < -0.4 is 10.6 Å². The molecule has 1 fully saturated rings. The van der Waals surface area contributed by atoms with Crippen molar-refractivity contribution in [1.29, 1.82) is 0 Å². The SMILES string of the molecule is O=C(Nc1cc(F)cc(F)c1)c1ccn(C2CCCNC2)n1. The van der Waals surface area contributed by atoms with Gasteiger partial charge in [0.05, 0.1) is 6.04 Å². The van der Waals surface area contributed by atoms with E-state index in [9.17, 15) is 13.6 Å². The van der Waals surface area contributed by atoms with Crippen LogP contribution in [0.5, 0.6) is 0 Å². The van der Waals surface area contributed by atoms with Crippen LogP contribution in [-0.4, -0.2) is 28.8 Å². The Hall–Kier alpha value is -2.28. The van der Waals surface area contributed by atoms with E-state index in [4.69, 9.17) is 0 Å². The molecule has 1 amide bonds. The summed E-state index contributed by atoms with van der Waals surface area (Å²) in [7, 11) is 0. The summed E-state index contributed by atoms with van der Waals surface area (Å²) in [5.74, 6) is -1.98. The second kappa shape index (κ2) is 6.23. The van der Waals surface area contributed by atoms with E-state index in [0.29, 0.717) is 0 Å². The molecule has 0 bridgehead atoms. The molecule has 1 aliphatic heterocycles. The number of hydrogen-bond acceptors (Lipinski definition) is 3. The number of halogens is 2. The van der Waals surface area contributed by atoms with Gasteiger partial charge >= 0.3 is 0 Å². The summed E-state index contributed by atoms with van der Waals surface area (Å²) in [5.41, 5.74) is 0.284. The Kier molecular flexibility index (Phi) is 4.15. The molecule has 3 rings (SSSR count). The van der Waals surface area contributed by atoms with Gasteiger partial charge in [0.2, 0.25) is 0 Å². The van der Waals surface area contributed by atoms with Gasteiger partial charge in [-0.2, -0.15) is 5.10 Å². The van der Waals surface area contributed by atoms with Crippen LogP contribution in [0.1, 0.15) is 29.4 Å². The lowest BCUT2D eigenvalue weighted by atomic mass is 10.1. The summed E-state index contributed by atoms with van der Waals surface area (Å²) >= 11 is 0. The van der Waals surface area contributed by atoms with Crippen LogP contribution in [0.2, 0.25) is 0 Å². The number of anilines is 1. The number of piperidine rings is 1. The van der Waals surface area contributed by atoms with E-state index in [2.05, 4.69) is 15.7 Å². The molecule has 0 radical (unpaired) electrons. The van der Waals surface area contributed by atoms with Gasteiger partial charge in [-0.15, -0.1) is 0 Å². The first-order valence-electron chi connectivity index (χ1n) is 7.15. The van der Waals surface area contributed by atoms with Crippen molar-refractivity contribution >= 4 is 11.6 Å². The minimum absolute atomic E-state index is 0.0661. The molecule has 1 aromatic heterocycles. The molecule has 1 unspecified atom stereocenters. The van der Waals surface area contributed by atoms with Crippen molar-refractivity contribution in [1.82, 2.24) is 15.1 Å². The van der Waals surface area contributed by atoms with Gasteiger partial charge in [0, 0.05) is 24.5 Å². The smallest absolute Gasteiger partial charge is 0.276 e. The fraction of sp³-hybridized carbons (Fsp3) is 0.333. The predicted octanol–water partition coefficient (Wildman–Crippen LogP) is 2.34. The van der Waals surface area contributed by atoms with Crippen LogP contribution in [0.25, 0.3) is 0 Å². The van der Waals surface area contributed by atoms with Gasteiger partial charge in [-0.1, -0.05) is 0 Å². The molecule has 0 aliphatic carbocycles. The Labute approximate surface area is 126 Å². The molecule has 1 atom stereocenters. The van der Waals surface area contributed by atoms with Crippen LogP contribution in [0, 0.1) is 11.6 Å². The van der Waals surface area contributed by atoms with Gasteiger partial charge in [-0.3, -0.25) is 9.48 Å². The summed E-state index contributed by atoms with van der Waals surface area (Å²) in [6, 6.07) is 4.69. The highest BCUT2D eigenvalue weighted by molar-refractivity contribution is 6.02. The van der Waals surface area contributed by atoms with Gasteiger partial charge in [-0.05, 0) is 37.6 Å². The molecular formula is C15H16F2N4O. The third kappa shape index (κ3) is 3.30. The molecule has 7 heteroatoms. The predicted molar refractivity (Wildman–Crippen MR) is 77.7 cm³/mol. The lowest BCUT2D eigenvalue weighted by Gasteiger charge is -2.22. The van der Waals surface area contributed by atoms with E-state index in [1.807, 2.05) is 0 Å². The summed E-state index contributed by atoms with van der Waals surface area (Å²) in [4.78, 5) is 12.1. The Morgan fingerprint density at radius 3 is 2.77 bits per heavy atom. The van der Waals surface area contributed by atoms with Crippen molar-refractivity contribution < 1.29 is 13.6 Å². The highest BCUT2D eigenvalue weighted by Crippen LogP contribution is 2.17. The van der Waals surface area contributed by atoms with Crippen molar-refractivity contribution in [2.75, 3.05) is 18.4 Å². The average Bonchev–Trinajstić information content (AvgIpc) is 2.97. The maximum Gasteiger partial charge on any atom is 0.276 e. The number of carbonyl (C=O) groups is 1. The first-order valence-corrected chi connectivity index (χ1v) is 7.15. The first-order chi connectivity index (χ1) is 10.6. The van der Waals surface area contributed by atoms with Crippen molar-refractivity contribution in [3.8, 4) is 0 Å². The molecule has 2 aromatic rings. The largest absolute Gasteiger partial charge is 0.320 e. The Bertz CT molecular complexity index is 660. The Morgan fingerprint density at radius 1 is 1.32 bits per heavy atom. The Morgan fingerprint density at radius 2 is 2.09 bits per heavy atom. The highest BCUT2D eigenvalue weighted by Gasteiger charge is 2.18. The monoisotopic (exact) mass is 306 g/mol. The molecule has 1 aliphatic rings. The number of rotatable bonds is 3. The molecule has 1 saturated heterocycles. The molecule has 116 valence electrons. The first kappa shape index (κ1) is 14.6. The number of amides is 1. The fourth-order valence-corrected chi connectivity index (χ4v) is 2.54. The second-order valence-electron chi connectivity index (χ2n) is 5.29. The standard InChI is InChI=1S/C15H16F2N4O/c16-10-6-11(17)8-12(7-10)19-15(22)14-3-5-21(20-14)13-2-1-4-18-9-13/h3,5-8,13,18H,1-2,4,9H2,(H,19,22). The average molecular weight is 306 g/mol. The summed E-state index contributed by atoms with van der Waals surface area (Å²) in [6.07, 6.45) is 3.82. The second-order valence-corrected chi connectivity index (χ2v) is 5.29. The number of hydrogen-bond donors (Lipinski definition) is 2. The lowest BCUT2D eigenvalue weighted by molar-refractivity contribution is 0.102. The van der Waals surface area contributed by atoms with E-state index >= 15 is 0 Å². The van der Waals surface area contributed by atoms with E-state index < -0.39 is 17.5 Å². The molecule has 2 heterocycles. The minimum Gasteiger partial charge on any atom is -0.320 e. The zero-order valence-electron chi connectivity index (χ0n) is 11.9. The third-order valence-corrected chi connectivity index (χ3v) is 3.61. The van der Waals surface area contributed by atoms with Gasteiger partial charge in [-0.25, -0.2) is 8.78 Å². The number of carbonyl (C=O) groups excluding carboxylic acids is 1. The molecule has 0 saturated carbocycles. The third-order valence-electron chi connectivity index (χ3n) is 3.61. The van der Waals surface area contributed by atoms with Crippen molar-refractivity contribution in [3.05, 3.63) is 47.8 Å². The Balaban J connectivity index is 1.71. The zero-order valence-corrected chi connectivity index (χ0v) is 11.9. The molecule has 0 spiro atoms. The summed E-state index contributed by atoms with van der Waals surface area (Å²) in [5, 5.41) is 9.98. The van der Waals surface area contributed by atoms with Crippen LogP contribution in [-0.2, 0) is 0 Å². The van der Waals surface area contributed by atoms with Crippen LogP contribution in [0.3, 0.4) is 0 Å². The van der Waals surface area contributed by atoms with E-state index in [0.717, 1.165) is 44.1 Å². The van der Waals surface area contributed by atoms with Crippen LogP contribution >= 0.6 is 0 Å². The van der Waals surface area contributed by atoms with Crippen LogP contribution in [0.4, 0.5) is 14.5 Å². The normalized spacial score (nSPS) is 18.2. The molecular weight excluding hydrogens is 290 g/mol. The number of nitrogens with one attached hydrogen (secondary N) is 2. The number of benzene rings is 1. The minimum atomic E-state index is -0.742.